The van der Waals surface area contributed by atoms with Crippen molar-refractivity contribution in [3.8, 4) is 0 Å². The largest absolute Gasteiger partial charge is 0.0843 e. The minimum Gasteiger partial charge on any atom is -0.0843 e. The van der Waals surface area contributed by atoms with Crippen molar-refractivity contribution < 1.29 is 0 Å². The van der Waals surface area contributed by atoms with Gasteiger partial charge in [0.1, 0.15) is 0 Å². The Bertz CT molecular complexity index is 210. The van der Waals surface area contributed by atoms with E-state index in [1.807, 2.05) is 6.92 Å². The summed E-state index contributed by atoms with van der Waals surface area (Å²) in [6, 6.07) is 0. The summed E-state index contributed by atoms with van der Waals surface area (Å²) in [6.07, 6.45) is 23.1. The molecule has 1 radical (unpaired) electrons. The Hall–Kier alpha value is -0.520. The Morgan fingerprint density at radius 2 is 1.33 bits per heavy atom. The number of hydrogen-bond donors (Lipinski definition) is 0. The molecule has 0 aromatic heterocycles. The summed E-state index contributed by atoms with van der Waals surface area (Å²) in [6.45, 7) is 6.36. The van der Waals surface area contributed by atoms with Crippen molar-refractivity contribution in [2.45, 2.75) is 91.4 Å². The van der Waals surface area contributed by atoms with Gasteiger partial charge in [0.2, 0.25) is 0 Å². The Balaban J connectivity index is 3.10. The molecule has 0 atom stereocenters. The summed E-state index contributed by atoms with van der Waals surface area (Å²) in [5, 5.41) is 0. The van der Waals surface area contributed by atoms with Crippen molar-refractivity contribution in [3.05, 3.63) is 23.8 Å². The first-order chi connectivity index (χ1) is 8.81. The molecule has 0 spiro atoms. The topological polar surface area (TPSA) is 0 Å². The maximum atomic E-state index is 3.13. The van der Waals surface area contributed by atoms with Gasteiger partial charge in [-0.25, -0.2) is 0 Å². The molecule has 18 heavy (non-hydrogen) atoms. The first kappa shape index (κ1) is 17.5. The summed E-state index contributed by atoms with van der Waals surface area (Å²) in [4.78, 5) is 0. The lowest BCUT2D eigenvalue weighted by atomic mass is 10.1. The van der Waals surface area contributed by atoms with Gasteiger partial charge in [-0.1, -0.05) is 76.9 Å². The third-order valence-corrected chi connectivity index (χ3v) is 3.49. The average Bonchev–Trinajstić information content (AvgIpc) is 2.39. The highest BCUT2D eigenvalue weighted by Gasteiger charge is 1.91. The van der Waals surface area contributed by atoms with Gasteiger partial charge < -0.3 is 0 Å². The molecule has 0 rings (SSSR count). The van der Waals surface area contributed by atoms with Crippen LogP contribution in [0.1, 0.15) is 91.4 Å². The van der Waals surface area contributed by atoms with E-state index in [9.17, 15) is 0 Å². The fourth-order valence-corrected chi connectivity index (χ4v) is 2.09. The summed E-state index contributed by atoms with van der Waals surface area (Å²) in [7, 11) is 0. The smallest absolute Gasteiger partial charge is 0.0348 e. The van der Waals surface area contributed by atoms with Gasteiger partial charge in [-0.2, -0.15) is 0 Å². The van der Waals surface area contributed by atoms with E-state index in [1.165, 1.54) is 76.2 Å². The molecular weight excluding hydrogens is 216 g/mol. The van der Waals surface area contributed by atoms with Crippen molar-refractivity contribution in [1.29, 1.82) is 0 Å². The van der Waals surface area contributed by atoms with Crippen molar-refractivity contribution in [1.82, 2.24) is 0 Å². The van der Waals surface area contributed by atoms with Crippen LogP contribution >= 0.6 is 0 Å². The van der Waals surface area contributed by atoms with Crippen LogP contribution in [0.3, 0.4) is 0 Å². The first-order valence-corrected chi connectivity index (χ1v) is 7.99. The van der Waals surface area contributed by atoms with E-state index in [-0.39, 0.29) is 0 Å². The maximum Gasteiger partial charge on any atom is -0.0348 e. The van der Waals surface area contributed by atoms with Crippen molar-refractivity contribution >= 4 is 0 Å². The van der Waals surface area contributed by atoms with Crippen molar-refractivity contribution in [3.63, 3.8) is 0 Å². The van der Waals surface area contributed by atoms with Gasteiger partial charge >= 0.3 is 0 Å². The fraction of sp³-hybridized carbons (Fsp3) is 0.778. The van der Waals surface area contributed by atoms with Gasteiger partial charge in [-0.05, 0) is 38.3 Å². The van der Waals surface area contributed by atoms with E-state index in [1.54, 1.807) is 0 Å². The molecule has 0 heteroatoms. The zero-order valence-electron chi connectivity index (χ0n) is 12.9. The van der Waals surface area contributed by atoms with Gasteiger partial charge in [-0.15, -0.1) is 0 Å². The molecule has 0 amide bonds. The van der Waals surface area contributed by atoms with Crippen LogP contribution in [0.2, 0.25) is 0 Å². The second-order valence-corrected chi connectivity index (χ2v) is 5.31. The van der Waals surface area contributed by atoms with Gasteiger partial charge in [0, 0.05) is 0 Å². The first-order valence-electron chi connectivity index (χ1n) is 7.99. The molecule has 0 heterocycles. The van der Waals surface area contributed by atoms with E-state index in [4.69, 9.17) is 0 Å². The zero-order valence-corrected chi connectivity index (χ0v) is 12.9. The van der Waals surface area contributed by atoms with Crippen LogP contribution < -0.4 is 0 Å². The molecule has 0 nitrogen and oxygen atoms in total. The SMILES string of the molecule is C/[C]=C(\C)C=CCCCCCCCCCCCC. The Kier molecular flexibility index (Phi) is 14.1. The number of unbranched alkanes of at least 4 members (excludes halogenated alkanes) is 10. The molecule has 0 fully saturated rings. The molecule has 0 N–H and O–H groups in total. The quantitative estimate of drug-likeness (QED) is 0.269. The van der Waals surface area contributed by atoms with Crippen LogP contribution in [0.4, 0.5) is 0 Å². The molecule has 0 aromatic rings. The lowest BCUT2D eigenvalue weighted by molar-refractivity contribution is 0.557. The van der Waals surface area contributed by atoms with E-state index in [0.717, 1.165) is 0 Å². The van der Waals surface area contributed by atoms with E-state index in [2.05, 4.69) is 32.1 Å². The van der Waals surface area contributed by atoms with Gasteiger partial charge in [-0.3, -0.25) is 0 Å². The molecule has 0 saturated carbocycles. The monoisotopic (exact) mass is 249 g/mol. The standard InChI is InChI=1S/C18H33/c1-4-6-7-8-9-10-11-12-13-14-15-16-17-18(3)5-2/h16-17H,4,6-15H2,1-3H3. The molecule has 0 bridgehead atoms. The van der Waals surface area contributed by atoms with E-state index >= 15 is 0 Å². The van der Waals surface area contributed by atoms with Crippen LogP contribution in [-0.4, -0.2) is 0 Å². The second-order valence-electron chi connectivity index (χ2n) is 5.31. The highest BCUT2D eigenvalue weighted by Crippen LogP contribution is 2.11. The van der Waals surface area contributed by atoms with Crippen LogP contribution in [0.5, 0.6) is 0 Å². The summed E-state index contributed by atoms with van der Waals surface area (Å²) in [5.41, 5.74) is 1.25. The highest BCUT2D eigenvalue weighted by atomic mass is 14.0. The van der Waals surface area contributed by atoms with Crippen molar-refractivity contribution in [2.75, 3.05) is 0 Å². The third-order valence-electron chi connectivity index (χ3n) is 3.49. The average molecular weight is 249 g/mol. The minimum atomic E-state index is 1.23. The number of allylic oxidation sites excluding steroid dienone is 4. The fourth-order valence-electron chi connectivity index (χ4n) is 2.09. The van der Waals surface area contributed by atoms with Crippen LogP contribution in [0.15, 0.2) is 17.7 Å². The van der Waals surface area contributed by atoms with E-state index < -0.39 is 0 Å². The summed E-state index contributed by atoms with van der Waals surface area (Å²) >= 11 is 0. The van der Waals surface area contributed by atoms with Crippen LogP contribution in [0, 0.1) is 6.08 Å². The maximum absolute atomic E-state index is 3.13. The highest BCUT2D eigenvalue weighted by molar-refractivity contribution is 5.11. The predicted molar refractivity (Wildman–Crippen MR) is 83.7 cm³/mol. The summed E-state index contributed by atoms with van der Waals surface area (Å²) in [5.74, 6) is 0. The second kappa shape index (κ2) is 14.5. The zero-order chi connectivity index (χ0) is 13.5. The summed E-state index contributed by atoms with van der Waals surface area (Å²) < 4.78 is 0. The molecule has 0 aromatic carbocycles. The Morgan fingerprint density at radius 1 is 0.833 bits per heavy atom. The molecule has 0 saturated heterocycles. The molecular formula is C18H33. The normalized spacial score (nSPS) is 12.5. The Morgan fingerprint density at radius 3 is 1.83 bits per heavy atom. The molecule has 0 unspecified atom stereocenters. The van der Waals surface area contributed by atoms with E-state index in [0.29, 0.717) is 0 Å². The molecule has 105 valence electrons. The third kappa shape index (κ3) is 13.5. The predicted octanol–water partition coefficient (Wildman–Crippen LogP) is 6.62. The minimum absolute atomic E-state index is 1.23. The lowest BCUT2D eigenvalue weighted by Crippen LogP contribution is -1.81. The van der Waals surface area contributed by atoms with Crippen LogP contribution in [0.25, 0.3) is 0 Å². The molecule has 0 aliphatic rings. The number of rotatable bonds is 12. The number of hydrogen-bond acceptors (Lipinski definition) is 0. The molecule has 0 aliphatic heterocycles. The Labute approximate surface area is 116 Å². The van der Waals surface area contributed by atoms with Gasteiger partial charge in [0.15, 0.2) is 0 Å². The lowest BCUT2D eigenvalue weighted by Gasteiger charge is -2.01. The van der Waals surface area contributed by atoms with Crippen LogP contribution in [-0.2, 0) is 0 Å². The van der Waals surface area contributed by atoms with Gasteiger partial charge in [0.05, 0.1) is 0 Å². The van der Waals surface area contributed by atoms with Gasteiger partial charge in [0.25, 0.3) is 0 Å². The van der Waals surface area contributed by atoms with Crippen molar-refractivity contribution in [2.24, 2.45) is 0 Å². The molecule has 0 aliphatic carbocycles.